The van der Waals surface area contributed by atoms with Gasteiger partial charge in [-0.05, 0) is 32.4 Å². The Kier molecular flexibility index (Phi) is 6.17. The summed E-state index contributed by atoms with van der Waals surface area (Å²) in [6, 6.07) is 7.65. The highest BCUT2D eigenvalue weighted by atomic mass is 35.5. The minimum atomic E-state index is -0.418. The minimum absolute atomic E-state index is 0.0678. The van der Waals surface area contributed by atoms with Crippen molar-refractivity contribution in [1.82, 2.24) is 9.97 Å². The number of aromatic amines is 1. The largest absolute Gasteiger partial charge is 0.462 e. The zero-order chi connectivity index (χ0) is 20.4. The van der Waals surface area contributed by atoms with Crippen molar-refractivity contribution in [1.29, 1.82) is 0 Å². The third kappa shape index (κ3) is 3.97. The molecule has 0 bridgehead atoms. The maximum absolute atomic E-state index is 12.7. The summed E-state index contributed by atoms with van der Waals surface area (Å²) in [5, 5.41) is 1.17. The molecule has 0 aliphatic rings. The van der Waals surface area contributed by atoms with Crippen LogP contribution in [0.1, 0.15) is 46.5 Å². The van der Waals surface area contributed by atoms with Crippen LogP contribution in [0.4, 0.5) is 0 Å². The van der Waals surface area contributed by atoms with Crippen molar-refractivity contribution < 1.29 is 14.4 Å². The fraction of sp³-hybridized carbons (Fsp3) is 0.350. The molecule has 2 aromatic heterocycles. The van der Waals surface area contributed by atoms with Gasteiger partial charge in [0.2, 0.25) is 0 Å². The van der Waals surface area contributed by atoms with Crippen LogP contribution in [0, 0.1) is 6.92 Å². The first-order valence-electron chi connectivity index (χ1n) is 9.09. The molecule has 0 aliphatic carbocycles. The molecule has 0 amide bonds. The standard InChI is InChI=1S/C20H22ClN3O3S/c1-5-27-20(26)16-11(2)15-18(25)22-17(23-19(15)28-16)12(3)24(4)10-13-8-6-7-9-14(13)21/h6-9,12H,5,10H2,1-4H3,(H,22,23,25)/p+1/t12-/m0/s1. The molecule has 2 atom stereocenters. The fourth-order valence-electron chi connectivity index (χ4n) is 3.09. The van der Waals surface area contributed by atoms with Crippen LogP contribution in [0.3, 0.4) is 0 Å². The van der Waals surface area contributed by atoms with E-state index in [0.29, 0.717) is 33.0 Å². The van der Waals surface area contributed by atoms with E-state index in [2.05, 4.69) is 9.97 Å². The summed E-state index contributed by atoms with van der Waals surface area (Å²) >= 11 is 7.47. The Bertz CT molecular complexity index is 1080. The number of rotatable bonds is 6. The lowest BCUT2D eigenvalue weighted by Gasteiger charge is -2.21. The fourth-order valence-corrected chi connectivity index (χ4v) is 4.37. The lowest BCUT2D eigenvalue weighted by atomic mass is 10.1. The van der Waals surface area contributed by atoms with Crippen LogP contribution in [0.15, 0.2) is 29.1 Å². The number of ether oxygens (including phenoxy) is 1. The molecule has 3 rings (SSSR count). The smallest absolute Gasteiger partial charge is 0.348 e. The van der Waals surface area contributed by atoms with E-state index < -0.39 is 5.97 Å². The summed E-state index contributed by atoms with van der Waals surface area (Å²) in [7, 11) is 2.03. The highest BCUT2D eigenvalue weighted by molar-refractivity contribution is 7.20. The predicted molar refractivity (Wildman–Crippen MR) is 111 cm³/mol. The third-order valence-corrected chi connectivity index (χ3v) is 6.39. The third-order valence-electron chi connectivity index (χ3n) is 4.86. The van der Waals surface area contributed by atoms with Crippen LogP contribution in [0.25, 0.3) is 10.2 Å². The summed E-state index contributed by atoms with van der Waals surface area (Å²) in [6.07, 6.45) is 0. The van der Waals surface area contributed by atoms with Crippen molar-refractivity contribution in [3.05, 3.63) is 61.5 Å². The van der Waals surface area contributed by atoms with Gasteiger partial charge in [0.05, 0.1) is 19.0 Å². The number of benzene rings is 1. The lowest BCUT2D eigenvalue weighted by Crippen LogP contribution is -3.07. The Balaban J connectivity index is 1.93. The van der Waals surface area contributed by atoms with Crippen LogP contribution in [0.2, 0.25) is 5.02 Å². The number of fused-ring (bicyclic) bond motifs is 1. The van der Waals surface area contributed by atoms with Gasteiger partial charge in [0, 0.05) is 10.6 Å². The highest BCUT2D eigenvalue weighted by Gasteiger charge is 2.24. The summed E-state index contributed by atoms with van der Waals surface area (Å²) in [5.74, 6) is 0.164. The van der Waals surface area contributed by atoms with E-state index >= 15 is 0 Å². The summed E-state index contributed by atoms with van der Waals surface area (Å²) in [6.45, 7) is 6.49. The Morgan fingerprint density at radius 3 is 2.79 bits per heavy atom. The van der Waals surface area contributed by atoms with Crippen molar-refractivity contribution in [3.8, 4) is 0 Å². The molecule has 0 fully saturated rings. The number of carbonyl (C=O) groups excluding carboxylic acids is 1. The van der Waals surface area contributed by atoms with Crippen LogP contribution < -0.4 is 10.5 Å². The van der Waals surface area contributed by atoms with Gasteiger partial charge in [-0.3, -0.25) is 4.79 Å². The van der Waals surface area contributed by atoms with Gasteiger partial charge in [-0.2, -0.15) is 0 Å². The van der Waals surface area contributed by atoms with Crippen LogP contribution in [-0.2, 0) is 11.3 Å². The number of quaternary nitrogens is 1. The second-order valence-corrected chi connectivity index (χ2v) is 8.15. The highest BCUT2D eigenvalue weighted by Crippen LogP contribution is 2.28. The van der Waals surface area contributed by atoms with Gasteiger partial charge in [0.15, 0.2) is 5.82 Å². The number of esters is 1. The van der Waals surface area contributed by atoms with Crippen LogP contribution >= 0.6 is 22.9 Å². The summed E-state index contributed by atoms with van der Waals surface area (Å²) < 4.78 is 5.09. The number of thiophene rings is 1. The van der Waals surface area contributed by atoms with Gasteiger partial charge >= 0.3 is 5.97 Å². The van der Waals surface area contributed by atoms with Gasteiger partial charge in [0.1, 0.15) is 22.3 Å². The van der Waals surface area contributed by atoms with Gasteiger partial charge in [0.25, 0.3) is 5.56 Å². The second kappa shape index (κ2) is 8.43. The zero-order valence-corrected chi connectivity index (χ0v) is 17.8. The molecule has 0 saturated heterocycles. The monoisotopic (exact) mass is 420 g/mol. The van der Waals surface area contributed by atoms with E-state index in [1.165, 1.54) is 11.3 Å². The molecular weight excluding hydrogens is 398 g/mol. The van der Waals surface area contributed by atoms with E-state index in [1.807, 2.05) is 38.2 Å². The Morgan fingerprint density at radius 2 is 2.11 bits per heavy atom. The number of aromatic nitrogens is 2. The van der Waals surface area contributed by atoms with Crippen molar-refractivity contribution in [2.24, 2.45) is 0 Å². The number of nitrogens with zero attached hydrogens (tertiary/aromatic N) is 1. The molecule has 1 unspecified atom stereocenters. The first kappa shape index (κ1) is 20.5. The maximum Gasteiger partial charge on any atom is 0.348 e. The van der Waals surface area contributed by atoms with E-state index in [1.54, 1.807) is 13.8 Å². The average molecular weight is 421 g/mol. The molecule has 0 spiro atoms. The average Bonchev–Trinajstić information content (AvgIpc) is 3.00. The number of hydrogen-bond acceptors (Lipinski definition) is 5. The first-order chi connectivity index (χ1) is 13.3. The van der Waals surface area contributed by atoms with Crippen molar-refractivity contribution in [2.75, 3.05) is 13.7 Å². The van der Waals surface area contributed by atoms with E-state index in [-0.39, 0.29) is 18.2 Å². The second-order valence-electron chi connectivity index (χ2n) is 6.74. The molecule has 3 aromatic rings. The number of nitrogens with one attached hydrogen (secondary N) is 2. The Hall–Kier alpha value is -2.22. The molecule has 2 heterocycles. The van der Waals surface area contributed by atoms with Crippen LogP contribution in [0.5, 0.6) is 0 Å². The molecule has 28 heavy (non-hydrogen) atoms. The molecule has 1 aromatic carbocycles. The van der Waals surface area contributed by atoms with Crippen molar-refractivity contribution in [2.45, 2.75) is 33.4 Å². The van der Waals surface area contributed by atoms with E-state index in [4.69, 9.17) is 16.3 Å². The summed E-state index contributed by atoms with van der Waals surface area (Å²) in [5.41, 5.74) is 1.42. The molecule has 8 heteroatoms. The topological polar surface area (TPSA) is 76.5 Å². The van der Waals surface area contributed by atoms with Gasteiger partial charge < -0.3 is 14.6 Å². The van der Waals surface area contributed by atoms with Gasteiger partial charge in [-0.1, -0.05) is 29.8 Å². The molecule has 0 saturated carbocycles. The number of halogens is 1. The first-order valence-corrected chi connectivity index (χ1v) is 10.3. The number of carbonyl (C=O) groups is 1. The molecule has 2 N–H and O–H groups in total. The Labute approximate surface area is 172 Å². The normalized spacial score (nSPS) is 13.5. The number of aryl methyl sites for hydroxylation is 1. The zero-order valence-electron chi connectivity index (χ0n) is 16.3. The molecule has 0 aliphatic heterocycles. The molecule has 148 valence electrons. The molecular formula is C20H23ClN3O3S+. The predicted octanol–water partition coefficient (Wildman–Crippen LogP) is 2.90. The molecule has 0 radical (unpaired) electrons. The van der Waals surface area contributed by atoms with E-state index in [0.717, 1.165) is 15.5 Å². The van der Waals surface area contributed by atoms with Crippen LogP contribution in [-0.4, -0.2) is 29.6 Å². The minimum Gasteiger partial charge on any atom is -0.462 e. The lowest BCUT2D eigenvalue weighted by molar-refractivity contribution is -0.924. The van der Waals surface area contributed by atoms with Crippen molar-refractivity contribution >= 4 is 39.1 Å². The molecule has 6 nitrogen and oxygen atoms in total. The van der Waals surface area contributed by atoms with Crippen molar-refractivity contribution in [3.63, 3.8) is 0 Å². The number of H-pyrrole nitrogens is 1. The van der Waals surface area contributed by atoms with Gasteiger partial charge in [-0.15, -0.1) is 11.3 Å². The van der Waals surface area contributed by atoms with E-state index in [9.17, 15) is 9.59 Å². The maximum atomic E-state index is 12.7. The SMILES string of the molecule is CCOC(=O)c1sc2nc([C@H](C)[NH+](C)Cc3ccccc3Cl)[nH]c(=O)c2c1C. The summed E-state index contributed by atoms with van der Waals surface area (Å²) in [4.78, 5) is 34.5. The van der Waals surface area contributed by atoms with Gasteiger partial charge in [-0.25, -0.2) is 9.78 Å². The quantitative estimate of drug-likeness (QED) is 0.601. The number of hydrogen-bond donors (Lipinski definition) is 2. The Morgan fingerprint density at radius 1 is 1.39 bits per heavy atom.